The highest BCUT2D eigenvalue weighted by atomic mass is 32.1. The first-order chi connectivity index (χ1) is 9.63. The molecule has 0 saturated heterocycles. The molecule has 1 atom stereocenters. The topological polar surface area (TPSA) is 12.0 Å². The summed E-state index contributed by atoms with van der Waals surface area (Å²) in [7, 11) is 0. The van der Waals surface area contributed by atoms with Crippen LogP contribution in [-0.4, -0.2) is 6.54 Å². The quantitative estimate of drug-likeness (QED) is 0.820. The lowest BCUT2D eigenvalue weighted by molar-refractivity contribution is 0.477. The van der Waals surface area contributed by atoms with Crippen LogP contribution >= 0.6 is 11.3 Å². The third-order valence-corrected chi connectivity index (χ3v) is 4.23. The highest BCUT2D eigenvalue weighted by Crippen LogP contribution is 2.27. The molecule has 4 heteroatoms. The molecule has 1 nitrogen and oxygen atoms in total. The summed E-state index contributed by atoms with van der Waals surface area (Å²) in [5, 5.41) is 5.46. The Morgan fingerprint density at radius 1 is 1.25 bits per heavy atom. The van der Waals surface area contributed by atoms with E-state index in [4.69, 9.17) is 0 Å². The van der Waals surface area contributed by atoms with Crippen LogP contribution < -0.4 is 5.32 Å². The number of thiophene rings is 1. The number of nitrogens with one attached hydrogen (secondary N) is 1. The molecule has 0 aliphatic heterocycles. The fourth-order valence-corrected chi connectivity index (χ4v) is 3.06. The molecular formula is C16H19F2NS. The Hall–Kier alpha value is -1.26. The van der Waals surface area contributed by atoms with Crippen molar-refractivity contribution in [3.05, 3.63) is 57.3 Å². The number of aryl methyl sites for hydroxylation is 1. The first-order valence-electron chi connectivity index (χ1n) is 6.83. The minimum absolute atomic E-state index is 0.0255. The molecule has 1 aromatic carbocycles. The zero-order chi connectivity index (χ0) is 14.5. The predicted molar refractivity (Wildman–Crippen MR) is 80.2 cm³/mol. The standard InChI is InChI=1S/C16H19F2NS/c1-3-8-19-15(13-7-9-20-11(13)2)10-12-5-4-6-14(17)16(12)18/h4-7,9,15,19H,3,8,10H2,1-2H3. The number of hydrogen-bond donors (Lipinski definition) is 1. The van der Waals surface area contributed by atoms with Crippen LogP contribution in [0.1, 0.15) is 35.4 Å². The highest BCUT2D eigenvalue weighted by molar-refractivity contribution is 7.10. The molecule has 0 aliphatic carbocycles. The molecule has 2 rings (SSSR count). The van der Waals surface area contributed by atoms with Gasteiger partial charge in [-0.05, 0) is 54.9 Å². The summed E-state index contributed by atoms with van der Waals surface area (Å²) >= 11 is 1.68. The summed E-state index contributed by atoms with van der Waals surface area (Å²) in [5.74, 6) is -1.51. The first-order valence-corrected chi connectivity index (χ1v) is 7.71. The molecule has 0 amide bonds. The van der Waals surface area contributed by atoms with Crippen molar-refractivity contribution in [3.8, 4) is 0 Å². The van der Waals surface area contributed by atoms with Crippen molar-refractivity contribution in [3.63, 3.8) is 0 Å². The van der Waals surface area contributed by atoms with Crippen molar-refractivity contribution in [1.82, 2.24) is 5.32 Å². The molecule has 1 heterocycles. The zero-order valence-corrected chi connectivity index (χ0v) is 12.6. The Kier molecular flexibility index (Phi) is 5.26. The summed E-state index contributed by atoms with van der Waals surface area (Å²) < 4.78 is 27.1. The van der Waals surface area contributed by atoms with Crippen LogP contribution in [0.3, 0.4) is 0 Å². The third-order valence-electron chi connectivity index (χ3n) is 3.37. The van der Waals surface area contributed by atoms with Gasteiger partial charge < -0.3 is 5.32 Å². The molecule has 0 radical (unpaired) electrons. The first kappa shape index (κ1) is 15.1. The summed E-state index contributed by atoms with van der Waals surface area (Å²) in [4.78, 5) is 1.22. The van der Waals surface area contributed by atoms with Gasteiger partial charge in [-0.1, -0.05) is 19.1 Å². The number of halogens is 2. The van der Waals surface area contributed by atoms with Crippen LogP contribution in [0.2, 0.25) is 0 Å². The molecule has 1 N–H and O–H groups in total. The largest absolute Gasteiger partial charge is 0.310 e. The van der Waals surface area contributed by atoms with Gasteiger partial charge in [0.2, 0.25) is 0 Å². The lowest BCUT2D eigenvalue weighted by atomic mass is 9.99. The van der Waals surface area contributed by atoms with Gasteiger partial charge in [0.05, 0.1) is 0 Å². The Labute approximate surface area is 122 Å². The van der Waals surface area contributed by atoms with E-state index in [1.165, 1.54) is 10.4 Å². The molecule has 108 valence electrons. The summed E-state index contributed by atoms with van der Waals surface area (Å²) in [5.41, 5.74) is 1.59. The number of benzene rings is 1. The highest BCUT2D eigenvalue weighted by Gasteiger charge is 2.17. The second-order valence-electron chi connectivity index (χ2n) is 4.86. The smallest absolute Gasteiger partial charge is 0.162 e. The van der Waals surface area contributed by atoms with Crippen LogP contribution in [0.25, 0.3) is 0 Å². The van der Waals surface area contributed by atoms with Gasteiger partial charge in [0.15, 0.2) is 11.6 Å². The minimum atomic E-state index is -0.779. The number of hydrogen-bond acceptors (Lipinski definition) is 2. The van der Waals surface area contributed by atoms with E-state index in [0.29, 0.717) is 12.0 Å². The SMILES string of the molecule is CCCNC(Cc1cccc(F)c1F)c1ccsc1C. The predicted octanol–water partition coefficient (Wildman–Crippen LogP) is 4.62. The van der Waals surface area contributed by atoms with E-state index in [2.05, 4.69) is 25.2 Å². The summed E-state index contributed by atoms with van der Waals surface area (Å²) in [6.45, 7) is 5.01. The number of rotatable bonds is 6. The van der Waals surface area contributed by atoms with Crippen molar-refractivity contribution in [1.29, 1.82) is 0 Å². The molecule has 0 spiro atoms. The fourth-order valence-electron chi connectivity index (χ4n) is 2.29. The summed E-state index contributed by atoms with van der Waals surface area (Å²) in [6, 6.07) is 6.46. The molecule has 0 saturated carbocycles. The second-order valence-corrected chi connectivity index (χ2v) is 5.98. The molecule has 0 fully saturated rings. The van der Waals surface area contributed by atoms with Gasteiger partial charge in [-0.3, -0.25) is 0 Å². The maximum absolute atomic E-state index is 13.8. The van der Waals surface area contributed by atoms with E-state index in [9.17, 15) is 8.78 Å². The van der Waals surface area contributed by atoms with Crippen molar-refractivity contribution >= 4 is 11.3 Å². The monoisotopic (exact) mass is 295 g/mol. The molecule has 20 heavy (non-hydrogen) atoms. The van der Waals surface area contributed by atoms with Crippen molar-refractivity contribution in [2.45, 2.75) is 32.7 Å². The lowest BCUT2D eigenvalue weighted by Crippen LogP contribution is -2.24. The molecular weight excluding hydrogens is 276 g/mol. The Morgan fingerprint density at radius 3 is 2.70 bits per heavy atom. The Balaban J connectivity index is 2.24. The van der Waals surface area contributed by atoms with Gasteiger partial charge in [-0.25, -0.2) is 8.78 Å². The van der Waals surface area contributed by atoms with Crippen LogP contribution in [-0.2, 0) is 6.42 Å². The second kappa shape index (κ2) is 6.95. The maximum atomic E-state index is 13.8. The van der Waals surface area contributed by atoms with E-state index in [1.54, 1.807) is 23.5 Å². The fraction of sp³-hybridized carbons (Fsp3) is 0.375. The van der Waals surface area contributed by atoms with E-state index in [1.807, 2.05) is 5.38 Å². The lowest BCUT2D eigenvalue weighted by Gasteiger charge is -2.19. The van der Waals surface area contributed by atoms with E-state index in [0.717, 1.165) is 19.0 Å². The van der Waals surface area contributed by atoms with E-state index < -0.39 is 11.6 Å². The zero-order valence-electron chi connectivity index (χ0n) is 11.7. The van der Waals surface area contributed by atoms with Crippen LogP contribution in [0.5, 0.6) is 0 Å². The average Bonchev–Trinajstić information content (AvgIpc) is 2.85. The molecule has 0 bridgehead atoms. The minimum Gasteiger partial charge on any atom is -0.310 e. The Morgan fingerprint density at radius 2 is 2.05 bits per heavy atom. The van der Waals surface area contributed by atoms with Gasteiger partial charge in [-0.2, -0.15) is 0 Å². The van der Waals surface area contributed by atoms with Gasteiger partial charge in [-0.15, -0.1) is 11.3 Å². The van der Waals surface area contributed by atoms with E-state index >= 15 is 0 Å². The molecule has 0 aliphatic rings. The van der Waals surface area contributed by atoms with Gasteiger partial charge in [0.25, 0.3) is 0 Å². The van der Waals surface area contributed by atoms with Crippen LogP contribution in [0, 0.1) is 18.6 Å². The molecule has 2 aromatic rings. The maximum Gasteiger partial charge on any atom is 0.162 e. The van der Waals surface area contributed by atoms with Gasteiger partial charge in [0, 0.05) is 10.9 Å². The van der Waals surface area contributed by atoms with Crippen molar-refractivity contribution in [2.75, 3.05) is 6.54 Å². The van der Waals surface area contributed by atoms with Crippen molar-refractivity contribution < 1.29 is 8.78 Å². The third kappa shape index (κ3) is 3.44. The van der Waals surface area contributed by atoms with E-state index in [-0.39, 0.29) is 6.04 Å². The normalized spacial score (nSPS) is 12.6. The van der Waals surface area contributed by atoms with Crippen LogP contribution in [0.15, 0.2) is 29.6 Å². The molecule has 1 unspecified atom stereocenters. The van der Waals surface area contributed by atoms with Crippen molar-refractivity contribution in [2.24, 2.45) is 0 Å². The average molecular weight is 295 g/mol. The molecule has 1 aromatic heterocycles. The van der Waals surface area contributed by atoms with Gasteiger partial charge >= 0.3 is 0 Å². The summed E-state index contributed by atoms with van der Waals surface area (Å²) in [6.07, 6.45) is 1.46. The Bertz CT molecular complexity index is 565. The van der Waals surface area contributed by atoms with Gasteiger partial charge in [0.1, 0.15) is 0 Å². The van der Waals surface area contributed by atoms with Crippen LogP contribution in [0.4, 0.5) is 8.78 Å².